The van der Waals surface area contributed by atoms with Crippen LogP contribution in [0.5, 0.6) is 0 Å². The zero-order valence-electron chi connectivity index (χ0n) is 11.1. The molecule has 0 saturated carbocycles. The van der Waals surface area contributed by atoms with Crippen molar-refractivity contribution in [3.8, 4) is 0 Å². The third-order valence-corrected chi connectivity index (χ3v) is 1.98. The lowest BCUT2D eigenvalue weighted by Gasteiger charge is -2.08. The smallest absolute Gasteiger partial charge is 0.334 e. The average molecular weight is 250 g/mol. The van der Waals surface area contributed by atoms with Crippen LogP contribution in [0.2, 0.25) is 0 Å². The fraction of sp³-hybridized carbons (Fsp3) is 0.818. The van der Waals surface area contributed by atoms with Gasteiger partial charge in [-0.15, -0.1) is 0 Å². The maximum atomic E-state index is 10.6. The van der Waals surface area contributed by atoms with Crippen LogP contribution in [0.15, 0.2) is 0 Å². The summed E-state index contributed by atoms with van der Waals surface area (Å²) in [6.45, 7) is 3.58. The van der Waals surface area contributed by atoms with Crippen LogP contribution in [0, 0.1) is 0 Å². The summed E-state index contributed by atoms with van der Waals surface area (Å²) in [5.74, 6) is -0.868. The Hall–Kier alpha value is -1.14. The Morgan fingerprint density at radius 2 is 1.47 bits per heavy atom. The molecule has 0 rings (SSSR count). The summed E-state index contributed by atoms with van der Waals surface area (Å²) in [6, 6.07) is 0. The van der Waals surface area contributed by atoms with E-state index in [9.17, 15) is 9.59 Å². The van der Waals surface area contributed by atoms with Crippen molar-refractivity contribution in [1.29, 1.82) is 0 Å². The van der Waals surface area contributed by atoms with E-state index in [4.69, 9.17) is 9.84 Å². The molecule has 0 aliphatic carbocycles. The molecule has 1 N–H and O–H groups in total. The lowest BCUT2D eigenvalue weighted by atomic mass is 10.3. The average Bonchev–Trinajstić information content (AvgIpc) is 2.38. The number of rotatable bonds is 5. The third kappa shape index (κ3) is 8.65. The number of hydrogen-bond acceptors (Lipinski definition) is 6. The Labute approximate surface area is 102 Å². The lowest BCUT2D eigenvalue weighted by Crippen LogP contribution is -2.22. The summed E-state index contributed by atoms with van der Waals surface area (Å²) in [5, 5.41) is 8.65. The number of aliphatic hydroxyl groups is 1. The van der Waals surface area contributed by atoms with Crippen LogP contribution in [-0.4, -0.2) is 50.6 Å². The molecule has 0 aliphatic rings. The third-order valence-electron chi connectivity index (χ3n) is 1.98. The van der Waals surface area contributed by atoms with Crippen LogP contribution in [0.4, 0.5) is 0 Å². The first-order valence-corrected chi connectivity index (χ1v) is 5.34. The molecule has 0 heterocycles. The minimum Gasteiger partial charge on any atom is -0.467 e. The minimum atomic E-state index is -0.944. The molecule has 0 radical (unpaired) electrons. The van der Waals surface area contributed by atoms with Gasteiger partial charge in [-0.1, -0.05) is 13.8 Å². The van der Waals surface area contributed by atoms with Gasteiger partial charge in [-0.25, -0.2) is 9.59 Å². The zero-order valence-corrected chi connectivity index (χ0v) is 11.1. The molecule has 0 aromatic carbocycles. The minimum absolute atomic E-state index is 0.306. The van der Waals surface area contributed by atoms with Gasteiger partial charge in [-0.2, -0.15) is 0 Å². The number of carbonyl (C=O) groups is 2. The standard InChI is InChI=1S/C6H12O3.C5H10O3/c1-4-5(8-2)6(7)9-3;1-3-4(6)5(7)8-2/h5H,4H2,1-3H3;4,6H,3H2,1-2H3. The van der Waals surface area contributed by atoms with E-state index in [0.717, 1.165) is 0 Å². The molecule has 0 aliphatic heterocycles. The molecule has 0 aromatic rings. The van der Waals surface area contributed by atoms with E-state index < -0.39 is 18.2 Å². The van der Waals surface area contributed by atoms with Gasteiger partial charge in [0.15, 0.2) is 12.2 Å². The quantitative estimate of drug-likeness (QED) is 0.716. The Morgan fingerprint density at radius 3 is 1.59 bits per heavy atom. The summed E-state index contributed by atoms with van der Waals surface area (Å²) in [4.78, 5) is 20.9. The first kappa shape index (κ1) is 18.2. The number of methoxy groups -OCH3 is 3. The molecule has 6 heteroatoms. The first-order valence-electron chi connectivity index (χ1n) is 5.34. The fourth-order valence-corrected chi connectivity index (χ4v) is 0.864. The monoisotopic (exact) mass is 250 g/mol. The predicted molar refractivity (Wildman–Crippen MR) is 61.4 cm³/mol. The summed E-state index contributed by atoms with van der Waals surface area (Å²) in [7, 11) is 4.09. The Morgan fingerprint density at radius 1 is 1.00 bits per heavy atom. The highest BCUT2D eigenvalue weighted by Gasteiger charge is 2.14. The summed E-state index contributed by atoms with van der Waals surface area (Å²) in [6.07, 6.45) is -0.273. The molecule has 0 amide bonds. The number of esters is 2. The van der Waals surface area contributed by atoms with Crippen molar-refractivity contribution in [3.63, 3.8) is 0 Å². The fourth-order valence-electron chi connectivity index (χ4n) is 0.864. The first-order chi connectivity index (χ1) is 7.98. The molecule has 17 heavy (non-hydrogen) atoms. The summed E-state index contributed by atoms with van der Waals surface area (Å²) in [5.41, 5.74) is 0. The highest BCUT2D eigenvalue weighted by molar-refractivity contribution is 5.74. The lowest BCUT2D eigenvalue weighted by molar-refractivity contribution is -0.152. The highest BCUT2D eigenvalue weighted by atomic mass is 16.6. The largest absolute Gasteiger partial charge is 0.467 e. The van der Waals surface area contributed by atoms with Crippen molar-refractivity contribution in [1.82, 2.24) is 0 Å². The van der Waals surface area contributed by atoms with E-state index in [-0.39, 0.29) is 5.97 Å². The predicted octanol–water partition coefficient (Wildman–Crippen LogP) is 0.515. The van der Waals surface area contributed by atoms with Crippen molar-refractivity contribution in [2.24, 2.45) is 0 Å². The molecule has 0 bridgehead atoms. The molecular formula is C11H22O6. The Balaban J connectivity index is 0. The molecular weight excluding hydrogens is 228 g/mol. The van der Waals surface area contributed by atoms with E-state index in [2.05, 4.69) is 9.47 Å². The molecule has 0 fully saturated rings. The van der Waals surface area contributed by atoms with Gasteiger partial charge in [0.05, 0.1) is 14.2 Å². The van der Waals surface area contributed by atoms with Gasteiger partial charge in [0, 0.05) is 7.11 Å². The maximum Gasteiger partial charge on any atom is 0.334 e. The molecule has 102 valence electrons. The second-order valence-electron chi connectivity index (χ2n) is 3.10. The van der Waals surface area contributed by atoms with E-state index in [1.54, 1.807) is 6.92 Å². The van der Waals surface area contributed by atoms with E-state index in [1.165, 1.54) is 21.3 Å². The highest BCUT2D eigenvalue weighted by Crippen LogP contribution is 1.96. The van der Waals surface area contributed by atoms with Crippen molar-refractivity contribution >= 4 is 11.9 Å². The second-order valence-corrected chi connectivity index (χ2v) is 3.10. The van der Waals surface area contributed by atoms with Crippen LogP contribution in [0.3, 0.4) is 0 Å². The van der Waals surface area contributed by atoms with Crippen molar-refractivity contribution < 1.29 is 28.9 Å². The number of carbonyl (C=O) groups excluding carboxylic acids is 2. The number of ether oxygens (including phenoxy) is 3. The molecule has 2 atom stereocenters. The van der Waals surface area contributed by atoms with Gasteiger partial charge in [0.1, 0.15) is 0 Å². The maximum absolute atomic E-state index is 10.6. The Kier molecular flexibility index (Phi) is 12.2. The molecule has 6 nitrogen and oxygen atoms in total. The van der Waals surface area contributed by atoms with E-state index >= 15 is 0 Å². The second kappa shape index (κ2) is 11.3. The number of aliphatic hydroxyl groups excluding tert-OH is 1. The van der Waals surface area contributed by atoms with Gasteiger partial charge >= 0.3 is 11.9 Å². The topological polar surface area (TPSA) is 82.1 Å². The van der Waals surface area contributed by atoms with Crippen LogP contribution >= 0.6 is 0 Å². The molecule has 0 aromatic heterocycles. The van der Waals surface area contributed by atoms with Crippen LogP contribution in [0.1, 0.15) is 26.7 Å². The van der Waals surface area contributed by atoms with Crippen molar-refractivity contribution in [2.75, 3.05) is 21.3 Å². The van der Waals surface area contributed by atoms with Crippen LogP contribution < -0.4 is 0 Å². The van der Waals surface area contributed by atoms with E-state index in [1.807, 2.05) is 6.92 Å². The van der Waals surface area contributed by atoms with Gasteiger partial charge in [-0.3, -0.25) is 0 Å². The summed E-state index contributed by atoms with van der Waals surface area (Å²) < 4.78 is 13.4. The zero-order chi connectivity index (χ0) is 13.8. The molecule has 0 spiro atoms. The van der Waals surface area contributed by atoms with E-state index in [0.29, 0.717) is 12.8 Å². The normalized spacial score (nSPS) is 12.8. The molecule has 0 saturated heterocycles. The SMILES string of the molecule is CCC(O)C(=O)OC.CCC(OC)C(=O)OC. The van der Waals surface area contributed by atoms with Crippen molar-refractivity contribution in [2.45, 2.75) is 38.9 Å². The number of hydrogen-bond donors (Lipinski definition) is 1. The molecule has 2 unspecified atom stereocenters. The van der Waals surface area contributed by atoms with Gasteiger partial charge in [0.25, 0.3) is 0 Å². The summed E-state index contributed by atoms with van der Waals surface area (Å²) >= 11 is 0. The van der Waals surface area contributed by atoms with Gasteiger partial charge in [0.2, 0.25) is 0 Å². The van der Waals surface area contributed by atoms with Gasteiger partial charge in [-0.05, 0) is 12.8 Å². The van der Waals surface area contributed by atoms with Crippen LogP contribution in [0.25, 0.3) is 0 Å². The Bertz CT molecular complexity index is 212. The van der Waals surface area contributed by atoms with Crippen molar-refractivity contribution in [3.05, 3.63) is 0 Å². The van der Waals surface area contributed by atoms with Crippen LogP contribution in [-0.2, 0) is 23.8 Å². The van der Waals surface area contributed by atoms with Gasteiger partial charge < -0.3 is 19.3 Å².